The molecule has 1 heterocycles. The first kappa shape index (κ1) is 11.9. The highest BCUT2D eigenvalue weighted by Gasteiger charge is 2.14. The molecule has 0 radical (unpaired) electrons. The van der Waals surface area contributed by atoms with Crippen LogP contribution in [0.5, 0.6) is 0 Å². The van der Waals surface area contributed by atoms with E-state index in [1.807, 2.05) is 19.2 Å². The van der Waals surface area contributed by atoms with E-state index in [2.05, 4.69) is 36.5 Å². The van der Waals surface area contributed by atoms with E-state index < -0.39 is 0 Å². The highest BCUT2D eigenvalue weighted by molar-refractivity contribution is 5.30. The molecule has 1 aromatic carbocycles. The van der Waals surface area contributed by atoms with Crippen LogP contribution in [0, 0.1) is 0 Å². The van der Waals surface area contributed by atoms with Crippen LogP contribution in [0.4, 0.5) is 0 Å². The Morgan fingerprint density at radius 1 is 1.24 bits per heavy atom. The van der Waals surface area contributed by atoms with Crippen molar-refractivity contribution < 1.29 is 4.42 Å². The first-order chi connectivity index (χ1) is 8.35. The average Bonchev–Trinajstić information content (AvgIpc) is 2.85. The van der Waals surface area contributed by atoms with Crippen molar-refractivity contribution >= 4 is 0 Å². The number of nitrogens with one attached hydrogen (secondary N) is 1. The van der Waals surface area contributed by atoms with Crippen LogP contribution in [0.3, 0.4) is 0 Å². The van der Waals surface area contributed by atoms with Crippen LogP contribution < -0.4 is 5.32 Å². The Morgan fingerprint density at radius 3 is 2.76 bits per heavy atom. The van der Waals surface area contributed by atoms with Crippen molar-refractivity contribution in [2.75, 3.05) is 7.05 Å². The largest absolute Gasteiger partial charge is 0.467 e. The topological polar surface area (TPSA) is 25.2 Å². The fourth-order valence-electron chi connectivity index (χ4n) is 2.15. The Balaban J connectivity index is 2.28. The maximum Gasteiger partial charge on any atom is 0.125 e. The molecule has 1 aromatic heterocycles. The van der Waals surface area contributed by atoms with Crippen LogP contribution >= 0.6 is 0 Å². The van der Waals surface area contributed by atoms with Gasteiger partial charge in [0.05, 0.1) is 12.3 Å². The Bertz CT molecular complexity index is 448. The summed E-state index contributed by atoms with van der Waals surface area (Å²) < 4.78 is 5.48. The first-order valence-corrected chi connectivity index (χ1v) is 6.14. The molecule has 1 unspecified atom stereocenters. The highest BCUT2D eigenvalue weighted by atomic mass is 16.3. The molecule has 0 amide bonds. The van der Waals surface area contributed by atoms with Crippen molar-refractivity contribution in [3.8, 4) is 0 Å². The summed E-state index contributed by atoms with van der Waals surface area (Å²) in [5.41, 5.74) is 2.64. The van der Waals surface area contributed by atoms with E-state index in [4.69, 9.17) is 4.42 Å². The minimum atomic E-state index is 0.141. The zero-order valence-corrected chi connectivity index (χ0v) is 10.4. The fourth-order valence-corrected chi connectivity index (χ4v) is 2.15. The van der Waals surface area contributed by atoms with Crippen molar-refractivity contribution in [3.63, 3.8) is 0 Å². The van der Waals surface area contributed by atoms with Crippen molar-refractivity contribution in [1.82, 2.24) is 5.32 Å². The summed E-state index contributed by atoms with van der Waals surface area (Å²) in [7, 11) is 1.96. The van der Waals surface area contributed by atoms with Crippen molar-refractivity contribution in [1.29, 1.82) is 0 Å². The van der Waals surface area contributed by atoms with Crippen LogP contribution in [0.2, 0.25) is 0 Å². The molecule has 2 rings (SSSR count). The molecule has 1 N–H and O–H groups in total. The Hall–Kier alpha value is -1.54. The predicted molar refractivity (Wildman–Crippen MR) is 70.0 cm³/mol. The summed E-state index contributed by atoms with van der Waals surface area (Å²) in [6.45, 7) is 2.20. The number of hydrogen-bond donors (Lipinski definition) is 1. The molecule has 0 saturated carbocycles. The molecule has 0 spiro atoms. The quantitative estimate of drug-likeness (QED) is 0.848. The van der Waals surface area contributed by atoms with Crippen LogP contribution in [0.25, 0.3) is 0 Å². The van der Waals surface area contributed by atoms with Gasteiger partial charge in [-0.2, -0.15) is 0 Å². The van der Waals surface area contributed by atoms with E-state index in [1.54, 1.807) is 6.26 Å². The summed E-state index contributed by atoms with van der Waals surface area (Å²) in [6, 6.07) is 12.8. The number of hydrogen-bond acceptors (Lipinski definition) is 2. The summed E-state index contributed by atoms with van der Waals surface area (Å²) >= 11 is 0. The summed E-state index contributed by atoms with van der Waals surface area (Å²) in [5, 5.41) is 3.30. The third-order valence-electron chi connectivity index (χ3n) is 2.94. The second kappa shape index (κ2) is 5.69. The normalized spacial score (nSPS) is 12.6. The van der Waals surface area contributed by atoms with Crippen molar-refractivity contribution in [3.05, 3.63) is 59.5 Å². The van der Waals surface area contributed by atoms with Gasteiger partial charge in [-0.05, 0) is 36.7 Å². The van der Waals surface area contributed by atoms with Gasteiger partial charge in [0.25, 0.3) is 0 Å². The lowest BCUT2D eigenvalue weighted by atomic mass is 10.0. The second-order valence-corrected chi connectivity index (χ2v) is 4.23. The van der Waals surface area contributed by atoms with Gasteiger partial charge in [-0.3, -0.25) is 0 Å². The third kappa shape index (κ3) is 2.77. The minimum Gasteiger partial charge on any atom is -0.467 e. The van der Waals surface area contributed by atoms with Crippen LogP contribution in [-0.2, 0) is 6.42 Å². The van der Waals surface area contributed by atoms with Gasteiger partial charge in [0.2, 0.25) is 0 Å². The molecule has 0 bridgehead atoms. The Labute approximate surface area is 103 Å². The molecule has 2 nitrogen and oxygen atoms in total. The standard InChI is InChI=1S/C15H19NO/c1-3-6-12-7-4-8-13(11-12)15(16-2)14-9-5-10-17-14/h4-5,7-11,15-16H,3,6H2,1-2H3. The molecular weight excluding hydrogens is 210 g/mol. The summed E-state index contributed by atoms with van der Waals surface area (Å²) in [5.74, 6) is 0.959. The molecule has 90 valence electrons. The number of aryl methyl sites for hydroxylation is 1. The first-order valence-electron chi connectivity index (χ1n) is 6.14. The molecule has 0 aliphatic rings. The lowest BCUT2D eigenvalue weighted by molar-refractivity contribution is 0.463. The molecule has 17 heavy (non-hydrogen) atoms. The van der Waals surface area contributed by atoms with E-state index in [0.717, 1.165) is 12.2 Å². The lowest BCUT2D eigenvalue weighted by Crippen LogP contribution is -2.17. The van der Waals surface area contributed by atoms with Crippen molar-refractivity contribution in [2.45, 2.75) is 25.8 Å². The molecule has 2 heteroatoms. The van der Waals surface area contributed by atoms with E-state index in [9.17, 15) is 0 Å². The van der Waals surface area contributed by atoms with Gasteiger partial charge in [-0.1, -0.05) is 37.6 Å². The van der Waals surface area contributed by atoms with Crippen LogP contribution in [0.15, 0.2) is 47.1 Å². The smallest absolute Gasteiger partial charge is 0.125 e. The highest BCUT2D eigenvalue weighted by Crippen LogP contribution is 2.23. The van der Waals surface area contributed by atoms with Gasteiger partial charge in [-0.15, -0.1) is 0 Å². The zero-order chi connectivity index (χ0) is 12.1. The number of benzene rings is 1. The third-order valence-corrected chi connectivity index (χ3v) is 2.94. The second-order valence-electron chi connectivity index (χ2n) is 4.23. The van der Waals surface area contributed by atoms with E-state index in [0.29, 0.717) is 0 Å². The maximum atomic E-state index is 5.48. The van der Waals surface area contributed by atoms with Gasteiger partial charge in [0.1, 0.15) is 5.76 Å². The van der Waals surface area contributed by atoms with E-state index in [-0.39, 0.29) is 6.04 Å². The monoisotopic (exact) mass is 229 g/mol. The molecular formula is C15H19NO. The van der Waals surface area contributed by atoms with Gasteiger partial charge >= 0.3 is 0 Å². The van der Waals surface area contributed by atoms with E-state index in [1.165, 1.54) is 17.5 Å². The SMILES string of the molecule is CCCc1cccc(C(NC)c2ccco2)c1. The molecule has 0 aliphatic heterocycles. The Morgan fingerprint density at radius 2 is 2.12 bits per heavy atom. The predicted octanol–water partition coefficient (Wildman–Crippen LogP) is 3.54. The lowest BCUT2D eigenvalue weighted by Gasteiger charge is -2.15. The molecule has 1 atom stereocenters. The number of furan rings is 1. The van der Waals surface area contributed by atoms with Crippen LogP contribution in [-0.4, -0.2) is 7.05 Å². The molecule has 0 saturated heterocycles. The minimum absolute atomic E-state index is 0.141. The summed E-state index contributed by atoms with van der Waals surface area (Å²) in [4.78, 5) is 0. The molecule has 0 aliphatic carbocycles. The fraction of sp³-hybridized carbons (Fsp3) is 0.333. The van der Waals surface area contributed by atoms with Crippen molar-refractivity contribution in [2.24, 2.45) is 0 Å². The van der Waals surface area contributed by atoms with Gasteiger partial charge in [-0.25, -0.2) is 0 Å². The van der Waals surface area contributed by atoms with Gasteiger partial charge in [0.15, 0.2) is 0 Å². The van der Waals surface area contributed by atoms with E-state index >= 15 is 0 Å². The Kier molecular flexibility index (Phi) is 3.99. The average molecular weight is 229 g/mol. The maximum absolute atomic E-state index is 5.48. The van der Waals surface area contributed by atoms with Crippen LogP contribution in [0.1, 0.15) is 36.3 Å². The molecule has 2 aromatic rings. The van der Waals surface area contributed by atoms with Gasteiger partial charge in [0, 0.05) is 0 Å². The van der Waals surface area contributed by atoms with Gasteiger partial charge < -0.3 is 9.73 Å². The number of rotatable bonds is 5. The molecule has 0 fully saturated rings. The summed E-state index contributed by atoms with van der Waals surface area (Å²) in [6.07, 6.45) is 4.02. The zero-order valence-electron chi connectivity index (χ0n) is 10.4.